The summed E-state index contributed by atoms with van der Waals surface area (Å²) in [6, 6.07) is 7.86. The summed E-state index contributed by atoms with van der Waals surface area (Å²) >= 11 is 0. The zero-order valence-corrected chi connectivity index (χ0v) is 12.2. The summed E-state index contributed by atoms with van der Waals surface area (Å²) in [6.07, 6.45) is 1.82. The number of rotatable bonds is 7. The maximum absolute atomic E-state index is 5.50. The summed E-state index contributed by atoms with van der Waals surface area (Å²) in [6.45, 7) is 6.26. The normalized spacial score (nSPS) is 10.3. The van der Waals surface area contributed by atoms with E-state index in [0.29, 0.717) is 6.61 Å². The number of hydrogen-bond donors (Lipinski definition) is 1. The van der Waals surface area contributed by atoms with Crippen molar-refractivity contribution in [3.8, 4) is 11.5 Å². The van der Waals surface area contributed by atoms with E-state index in [-0.39, 0.29) is 0 Å². The lowest BCUT2D eigenvalue weighted by molar-refractivity contribution is 0.311. The third-order valence-electron chi connectivity index (χ3n) is 3.04. The topological polar surface area (TPSA) is 48.3 Å². The fraction of sp³-hybridized carbons (Fsp3) is 0.400. The van der Waals surface area contributed by atoms with Crippen molar-refractivity contribution in [2.24, 2.45) is 0 Å². The van der Waals surface area contributed by atoms with Crippen molar-refractivity contribution in [3.05, 3.63) is 36.2 Å². The molecule has 0 saturated heterocycles. The molecule has 2 rings (SSSR count). The van der Waals surface area contributed by atoms with Crippen LogP contribution < -0.4 is 14.8 Å². The van der Waals surface area contributed by atoms with E-state index < -0.39 is 0 Å². The highest BCUT2D eigenvalue weighted by atomic mass is 16.5. The van der Waals surface area contributed by atoms with Gasteiger partial charge in [-0.25, -0.2) is 0 Å². The Kier molecular flexibility index (Phi) is 4.87. The van der Waals surface area contributed by atoms with Crippen LogP contribution in [-0.4, -0.2) is 23.5 Å². The van der Waals surface area contributed by atoms with E-state index in [0.717, 1.165) is 36.0 Å². The van der Waals surface area contributed by atoms with E-state index in [1.54, 1.807) is 7.11 Å². The number of nitrogens with one attached hydrogen (secondary N) is 1. The van der Waals surface area contributed by atoms with Gasteiger partial charge in [-0.05, 0) is 32.0 Å². The van der Waals surface area contributed by atoms with Crippen LogP contribution >= 0.6 is 0 Å². The van der Waals surface area contributed by atoms with Gasteiger partial charge in [0.2, 0.25) is 0 Å². The molecule has 0 aliphatic heterocycles. The van der Waals surface area contributed by atoms with Crippen molar-refractivity contribution in [3.63, 3.8) is 0 Å². The Bertz CT molecular complexity index is 552. The highest BCUT2D eigenvalue weighted by molar-refractivity contribution is 5.54. The van der Waals surface area contributed by atoms with Crippen LogP contribution in [0.15, 0.2) is 30.5 Å². The molecule has 2 aromatic rings. The van der Waals surface area contributed by atoms with Gasteiger partial charge in [0.1, 0.15) is 0 Å². The van der Waals surface area contributed by atoms with E-state index in [1.165, 1.54) is 0 Å². The molecular formula is C15H21N3O2. The molecule has 0 spiro atoms. The lowest BCUT2D eigenvalue weighted by atomic mass is 10.2. The molecule has 0 unspecified atom stereocenters. The van der Waals surface area contributed by atoms with Crippen LogP contribution in [0.5, 0.6) is 11.5 Å². The van der Waals surface area contributed by atoms with Crippen molar-refractivity contribution >= 4 is 5.69 Å². The SMILES string of the molecule is CCOc1ccc(NCc2ccnn2CC)cc1OC. The third-order valence-corrected chi connectivity index (χ3v) is 3.04. The number of methoxy groups -OCH3 is 1. The lowest BCUT2D eigenvalue weighted by Crippen LogP contribution is -2.08. The standard InChI is InChI=1S/C15H21N3O2/c1-4-18-13(8-9-17-18)11-16-12-6-7-14(20-5-2)15(10-12)19-3/h6-10,16H,4-5,11H2,1-3H3. The van der Waals surface area contributed by atoms with Crippen molar-refractivity contribution in [2.45, 2.75) is 26.9 Å². The van der Waals surface area contributed by atoms with Gasteiger partial charge in [-0.3, -0.25) is 4.68 Å². The van der Waals surface area contributed by atoms with E-state index in [1.807, 2.05) is 42.1 Å². The first-order valence-corrected chi connectivity index (χ1v) is 6.83. The average molecular weight is 275 g/mol. The van der Waals surface area contributed by atoms with Gasteiger partial charge in [-0.2, -0.15) is 5.10 Å². The van der Waals surface area contributed by atoms with Gasteiger partial charge in [0, 0.05) is 24.5 Å². The lowest BCUT2D eigenvalue weighted by Gasteiger charge is -2.12. The fourth-order valence-corrected chi connectivity index (χ4v) is 2.04. The van der Waals surface area contributed by atoms with Crippen LogP contribution in [0.2, 0.25) is 0 Å². The third kappa shape index (κ3) is 3.23. The molecule has 1 aromatic carbocycles. The molecule has 1 aromatic heterocycles. The molecule has 0 amide bonds. The summed E-state index contributed by atoms with van der Waals surface area (Å²) in [4.78, 5) is 0. The quantitative estimate of drug-likeness (QED) is 0.844. The fourth-order valence-electron chi connectivity index (χ4n) is 2.04. The molecule has 0 fully saturated rings. The number of benzene rings is 1. The maximum Gasteiger partial charge on any atom is 0.162 e. The first kappa shape index (κ1) is 14.2. The zero-order valence-electron chi connectivity index (χ0n) is 12.2. The summed E-state index contributed by atoms with van der Waals surface area (Å²) in [5, 5.41) is 7.62. The number of ether oxygens (including phenoxy) is 2. The van der Waals surface area contributed by atoms with Crippen molar-refractivity contribution in [2.75, 3.05) is 19.0 Å². The Morgan fingerprint density at radius 1 is 1.20 bits per heavy atom. The minimum atomic E-state index is 0.624. The van der Waals surface area contributed by atoms with Crippen molar-refractivity contribution in [1.29, 1.82) is 0 Å². The first-order valence-electron chi connectivity index (χ1n) is 6.83. The van der Waals surface area contributed by atoms with Crippen LogP contribution in [-0.2, 0) is 13.1 Å². The van der Waals surface area contributed by atoms with E-state index in [2.05, 4.69) is 17.3 Å². The number of hydrogen-bond acceptors (Lipinski definition) is 4. The Morgan fingerprint density at radius 3 is 2.75 bits per heavy atom. The predicted molar refractivity (Wildman–Crippen MR) is 79.4 cm³/mol. The van der Waals surface area contributed by atoms with Gasteiger partial charge in [0.15, 0.2) is 11.5 Å². The first-order chi connectivity index (χ1) is 9.78. The number of aromatic nitrogens is 2. The van der Waals surface area contributed by atoms with Gasteiger partial charge in [0.25, 0.3) is 0 Å². The van der Waals surface area contributed by atoms with Crippen LogP contribution in [0.3, 0.4) is 0 Å². The van der Waals surface area contributed by atoms with Crippen LogP contribution in [0.4, 0.5) is 5.69 Å². The molecule has 0 aliphatic carbocycles. The second kappa shape index (κ2) is 6.84. The van der Waals surface area contributed by atoms with E-state index in [4.69, 9.17) is 9.47 Å². The molecule has 1 heterocycles. The van der Waals surface area contributed by atoms with Crippen LogP contribution in [0, 0.1) is 0 Å². The smallest absolute Gasteiger partial charge is 0.162 e. The second-order valence-electron chi connectivity index (χ2n) is 4.29. The summed E-state index contributed by atoms with van der Waals surface area (Å²) < 4.78 is 12.8. The van der Waals surface area contributed by atoms with Gasteiger partial charge in [-0.15, -0.1) is 0 Å². The summed E-state index contributed by atoms with van der Waals surface area (Å²) in [5.41, 5.74) is 2.15. The molecule has 1 N–H and O–H groups in total. The molecular weight excluding hydrogens is 254 g/mol. The van der Waals surface area contributed by atoms with Gasteiger partial charge in [0.05, 0.1) is 26.0 Å². The molecule has 0 radical (unpaired) electrons. The molecule has 0 atom stereocenters. The zero-order chi connectivity index (χ0) is 14.4. The molecule has 0 aliphatic rings. The van der Waals surface area contributed by atoms with Gasteiger partial charge in [-0.1, -0.05) is 0 Å². The summed E-state index contributed by atoms with van der Waals surface area (Å²) in [5.74, 6) is 1.50. The van der Waals surface area contributed by atoms with Crippen molar-refractivity contribution in [1.82, 2.24) is 9.78 Å². The van der Waals surface area contributed by atoms with Crippen LogP contribution in [0.1, 0.15) is 19.5 Å². The Balaban J connectivity index is 2.06. The molecule has 5 nitrogen and oxygen atoms in total. The molecule has 0 bridgehead atoms. The number of anilines is 1. The Morgan fingerprint density at radius 2 is 2.05 bits per heavy atom. The van der Waals surface area contributed by atoms with E-state index in [9.17, 15) is 0 Å². The number of aryl methyl sites for hydroxylation is 1. The van der Waals surface area contributed by atoms with E-state index >= 15 is 0 Å². The second-order valence-corrected chi connectivity index (χ2v) is 4.29. The van der Waals surface area contributed by atoms with Gasteiger partial charge < -0.3 is 14.8 Å². The largest absolute Gasteiger partial charge is 0.493 e. The molecule has 20 heavy (non-hydrogen) atoms. The molecule has 5 heteroatoms. The summed E-state index contributed by atoms with van der Waals surface area (Å²) in [7, 11) is 1.65. The maximum atomic E-state index is 5.50. The highest BCUT2D eigenvalue weighted by Crippen LogP contribution is 2.30. The van der Waals surface area contributed by atoms with Crippen LogP contribution in [0.25, 0.3) is 0 Å². The molecule has 108 valence electrons. The average Bonchev–Trinajstić information content (AvgIpc) is 2.94. The monoisotopic (exact) mass is 275 g/mol. The minimum absolute atomic E-state index is 0.624. The minimum Gasteiger partial charge on any atom is -0.493 e. The number of nitrogens with zero attached hydrogens (tertiary/aromatic N) is 2. The van der Waals surface area contributed by atoms with Gasteiger partial charge >= 0.3 is 0 Å². The Hall–Kier alpha value is -2.17. The predicted octanol–water partition coefficient (Wildman–Crippen LogP) is 2.92. The molecule has 0 saturated carbocycles. The highest BCUT2D eigenvalue weighted by Gasteiger charge is 2.06. The van der Waals surface area contributed by atoms with Crippen molar-refractivity contribution < 1.29 is 9.47 Å². The Labute approximate surface area is 119 Å².